The molecule has 2 aromatic heterocycles. The van der Waals surface area contributed by atoms with E-state index in [1.165, 1.54) is 0 Å². The van der Waals surface area contributed by atoms with Crippen LogP contribution in [0.15, 0.2) is 35.0 Å². The molecule has 0 bridgehead atoms. The Morgan fingerprint density at radius 1 is 1.29 bits per heavy atom. The zero-order valence-corrected chi connectivity index (χ0v) is 15.2. The summed E-state index contributed by atoms with van der Waals surface area (Å²) in [4.78, 5) is 12.8. The molecule has 24 heavy (non-hydrogen) atoms. The van der Waals surface area contributed by atoms with E-state index < -0.39 is 5.60 Å². The van der Waals surface area contributed by atoms with Gasteiger partial charge in [-0.25, -0.2) is 4.79 Å². The molecule has 4 nitrogen and oxygen atoms in total. The van der Waals surface area contributed by atoms with Gasteiger partial charge in [-0.3, -0.25) is 0 Å². The number of thiophene rings is 1. The Kier molecular flexibility index (Phi) is 4.13. The van der Waals surface area contributed by atoms with Gasteiger partial charge in [-0.1, -0.05) is 11.6 Å². The average molecular weight is 342 g/mol. The summed E-state index contributed by atoms with van der Waals surface area (Å²) in [5, 5.41) is 5.00. The minimum absolute atomic E-state index is 0.385. The van der Waals surface area contributed by atoms with E-state index in [2.05, 4.69) is 11.4 Å². The lowest BCUT2D eigenvalue weighted by Gasteiger charge is -2.20. The van der Waals surface area contributed by atoms with Gasteiger partial charge >= 0.3 is 5.97 Å². The number of hydrogen-bond acceptors (Lipinski definition) is 4. The number of benzene rings is 1. The third kappa shape index (κ3) is 3.17. The Balaban J connectivity index is 2.18. The van der Waals surface area contributed by atoms with Crippen LogP contribution in [0.4, 0.5) is 5.69 Å². The largest absolute Gasteiger partial charge is 0.455 e. The molecule has 2 N–H and O–H groups in total. The van der Waals surface area contributed by atoms with Crippen molar-refractivity contribution in [2.24, 2.45) is 0 Å². The van der Waals surface area contributed by atoms with Crippen LogP contribution in [-0.2, 0) is 11.3 Å². The van der Waals surface area contributed by atoms with E-state index in [1.54, 1.807) is 11.3 Å². The number of nitrogens with zero attached hydrogens (tertiary/aromatic N) is 1. The molecule has 126 valence electrons. The first kappa shape index (κ1) is 16.6. The van der Waals surface area contributed by atoms with Crippen molar-refractivity contribution in [2.75, 3.05) is 5.73 Å². The highest BCUT2D eigenvalue weighted by molar-refractivity contribution is 7.07. The minimum atomic E-state index is -0.566. The van der Waals surface area contributed by atoms with Gasteiger partial charge in [0.1, 0.15) is 5.60 Å². The molecule has 2 heterocycles. The van der Waals surface area contributed by atoms with Gasteiger partial charge in [-0.2, -0.15) is 11.3 Å². The van der Waals surface area contributed by atoms with E-state index in [1.807, 2.05) is 55.8 Å². The lowest BCUT2D eigenvalue weighted by Crippen LogP contribution is -2.26. The Bertz CT molecular complexity index is 886. The Morgan fingerprint density at radius 2 is 2.04 bits per heavy atom. The number of nitrogens with two attached hydrogens (primary N) is 1. The van der Waals surface area contributed by atoms with Gasteiger partial charge in [0.25, 0.3) is 0 Å². The highest BCUT2D eigenvalue weighted by Gasteiger charge is 2.26. The molecule has 0 aliphatic carbocycles. The quantitative estimate of drug-likeness (QED) is 0.708. The fourth-order valence-corrected chi connectivity index (χ4v) is 3.43. The number of aromatic nitrogens is 1. The third-order valence-corrected chi connectivity index (χ3v) is 4.50. The topological polar surface area (TPSA) is 57.3 Å². The monoisotopic (exact) mass is 342 g/mol. The molecule has 0 aliphatic heterocycles. The molecule has 0 saturated carbocycles. The molecule has 0 aliphatic rings. The third-order valence-electron chi connectivity index (χ3n) is 3.77. The first-order valence-corrected chi connectivity index (χ1v) is 8.83. The molecule has 1 aromatic carbocycles. The van der Waals surface area contributed by atoms with Gasteiger partial charge in [-0.15, -0.1) is 0 Å². The van der Waals surface area contributed by atoms with Gasteiger partial charge in [0.15, 0.2) is 5.69 Å². The van der Waals surface area contributed by atoms with Crippen LogP contribution in [0.1, 0.15) is 42.4 Å². The van der Waals surface area contributed by atoms with Crippen LogP contribution in [0.2, 0.25) is 0 Å². The Morgan fingerprint density at radius 3 is 2.67 bits per heavy atom. The Labute approximate surface area is 145 Å². The molecule has 3 aromatic rings. The van der Waals surface area contributed by atoms with Crippen molar-refractivity contribution >= 4 is 33.9 Å². The number of carbonyl (C=O) groups excluding carboxylic acids is 1. The number of fused-ring (bicyclic) bond motifs is 1. The number of esters is 1. The zero-order valence-electron chi connectivity index (χ0n) is 14.4. The number of carbonyl (C=O) groups is 1. The van der Waals surface area contributed by atoms with Crippen LogP contribution in [0, 0.1) is 6.92 Å². The van der Waals surface area contributed by atoms with Crippen LogP contribution < -0.4 is 5.73 Å². The highest BCUT2D eigenvalue weighted by Crippen LogP contribution is 2.32. The summed E-state index contributed by atoms with van der Waals surface area (Å²) < 4.78 is 7.55. The van der Waals surface area contributed by atoms with E-state index in [0.717, 1.165) is 22.0 Å². The van der Waals surface area contributed by atoms with E-state index in [4.69, 9.17) is 10.5 Å². The van der Waals surface area contributed by atoms with Crippen molar-refractivity contribution in [3.8, 4) is 0 Å². The standard InChI is InChI=1S/C19H22N2O2S/c1-12-5-6-15-14(9-12)16(20)17(18(22)23-19(2,3)4)21(15)10-13-7-8-24-11-13/h5-9,11H,10,20H2,1-4H3. The van der Waals surface area contributed by atoms with Crippen LogP contribution in [-0.4, -0.2) is 16.1 Å². The maximum atomic E-state index is 12.8. The van der Waals surface area contributed by atoms with Crippen molar-refractivity contribution in [1.29, 1.82) is 0 Å². The molecule has 3 rings (SSSR count). The summed E-state index contributed by atoms with van der Waals surface area (Å²) in [6.45, 7) is 8.18. The van der Waals surface area contributed by atoms with E-state index in [-0.39, 0.29) is 5.97 Å². The molecule has 0 amide bonds. The first-order chi connectivity index (χ1) is 11.3. The average Bonchev–Trinajstić information content (AvgIpc) is 3.05. The second-order valence-electron chi connectivity index (χ2n) is 7.00. The number of ether oxygens (including phenoxy) is 1. The van der Waals surface area contributed by atoms with Crippen molar-refractivity contribution in [1.82, 2.24) is 4.57 Å². The molecule has 0 spiro atoms. The van der Waals surface area contributed by atoms with Gasteiger partial charge in [0.05, 0.1) is 11.2 Å². The molecule has 5 heteroatoms. The SMILES string of the molecule is Cc1ccc2c(c1)c(N)c(C(=O)OC(C)(C)C)n2Cc1ccsc1. The molecule has 0 radical (unpaired) electrons. The van der Waals surface area contributed by atoms with Crippen LogP contribution in [0.25, 0.3) is 10.9 Å². The predicted molar refractivity (Wildman–Crippen MR) is 99.7 cm³/mol. The van der Waals surface area contributed by atoms with Crippen LogP contribution >= 0.6 is 11.3 Å². The number of nitrogen functional groups attached to an aromatic ring is 1. The number of rotatable bonds is 3. The number of aryl methyl sites for hydroxylation is 1. The molecule has 0 fully saturated rings. The molecule has 0 unspecified atom stereocenters. The fraction of sp³-hybridized carbons (Fsp3) is 0.316. The molecular weight excluding hydrogens is 320 g/mol. The second-order valence-corrected chi connectivity index (χ2v) is 7.78. The minimum Gasteiger partial charge on any atom is -0.455 e. The van der Waals surface area contributed by atoms with Crippen molar-refractivity contribution < 1.29 is 9.53 Å². The highest BCUT2D eigenvalue weighted by atomic mass is 32.1. The van der Waals surface area contributed by atoms with Gasteiger partial charge < -0.3 is 15.0 Å². The summed E-state index contributed by atoms with van der Waals surface area (Å²) in [6, 6.07) is 8.12. The van der Waals surface area contributed by atoms with Crippen LogP contribution in [0.5, 0.6) is 0 Å². The first-order valence-electron chi connectivity index (χ1n) is 7.89. The van der Waals surface area contributed by atoms with Crippen LogP contribution in [0.3, 0.4) is 0 Å². The lowest BCUT2D eigenvalue weighted by molar-refractivity contribution is 0.00601. The Hall–Kier alpha value is -2.27. The van der Waals surface area contributed by atoms with Gasteiger partial charge in [-0.05, 0) is 62.2 Å². The predicted octanol–water partition coefficient (Wildman–Crippen LogP) is 4.60. The summed E-state index contributed by atoms with van der Waals surface area (Å²) in [7, 11) is 0. The zero-order chi connectivity index (χ0) is 17.5. The summed E-state index contributed by atoms with van der Waals surface area (Å²) in [5.74, 6) is -0.385. The van der Waals surface area contributed by atoms with Crippen molar-refractivity contribution in [3.05, 3.63) is 51.8 Å². The normalized spacial score (nSPS) is 11.8. The van der Waals surface area contributed by atoms with E-state index in [9.17, 15) is 4.79 Å². The van der Waals surface area contributed by atoms with Gasteiger partial charge in [0.2, 0.25) is 0 Å². The fourth-order valence-electron chi connectivity index (χ4n) is 2.77. The summed E-state index contributed by atoms with van der Waals surface area (Å²) >= 11 is 1.64. The maximum absolute atomic E-state index is 12.8. The van der Waals surface area contributed by atoms with Gasteiger partial charge in [0, 0.05) is 11.9 Å². The van der Waals surface area contributed by atoms with Crippen molar-refractivity contribution in [3.63, 3.8) is 0 Å². The van der Waals surface area contributed by atoms with E-state index >= 15 is 0 Å². The van der Waals surface area contributed by atoms with Crippen molar-refractivity contribution in [2.45, 2.75) is 39.8 Å². The number of anilines is 1. The lowest BCUT2D eigenvalue weighted by atomic mass is 10.1. The molecular formula is C19H22N2O2S. The van der Waals surface area contributed by atoms with E-state index in [0.29, 0.717) is 17.9 Å². The maximum Gasteiger partial charge on any atom is 0.357 e. The molecule has 0 atom stereocenters. The summed E-state index contributed by atoms with van der Waals surface area (Å²) in [5.41, 5.74) is 9.88. The summed E-state index contributed by atoms with van der Waals surface area (Å²) in [6.07, 6.45) is 0. The smallest absolute Gasteiger partial charge is 0.357 e. The number of hydrogen-bond donors (Lipinski definition) is 1. The second kappa shape index (κ2) is 5.98. The molecule has 0 saturated heterocycles.